The van der Waals surface area contributed by atoms with Gasteiger partial charge in [0.15, 0.2) is 15.6 Å². The number of carbonyl (C=O) groups excluding carboxylic acids is 1. The second-order valence-electron chi connectivity index (χ2n) is 8.54. The van der Waals surface area contributed by atoms with Crippen LogP contribution in [0.15, 0.2) is 62.5 Å². The van der Waals surface area contributed by atoms with Gasteiger partial charge in [-0.2, -0.15) is 30.4 Å². The van der Waals surface area contributed by atoms with Crippen LogP contribution >= 0.6 is 0 Å². The highest BCUT2D eigenvalue weighted by atomic mass is 32.3. The van der Waals surface area contributed by atoms with Gasteiger partial charge >= 0.3 is 10.4 Å². The topological polar surface area (TPSA) is 293 Å². The number of phenolic OH excluding ortho intramolecular Hbond substituents is 1. The molecule has 18 nitrogen and oxygen atoms in total. The van der Waals surface area contributed by atoms with Gasteiger partial charge < -0.3 is 15.7 Å². The summed E-state index contributed by atoms with van der Waals surface area (Å²) in [5.41, 5.74) is -0.843. The summed E-state index contributed by atoms with van der Waals surface area (Å²) in [6.45, 7) is 0.256. The molecule has 6 N–H and O–H groups in total. The largest absolute Gasteiger partial charge is 0.505 e. The van der Waals surface area contributed by atoms with Crippen LogP contribution in [0.25, 0.3) is 10.8 Å². The van der Waals surface area contributed by atoms with Crippen molar-refractivity contribution in [2.24, 2.45) is 10.2 Å². The van der Waals surface area contributed by atoms with Gasteiger partial charge in [0.05, 0.1) is 28.6 Å². The number of azo groups is 1. The van der Waals surface area contributed by atoms with Crippen LogP contribution in [0.1, 0.15) is 6.92 Å². The zero-order chi connectivity index (χ0) is 32.4. The Bertz CT molecular complexity index is 2040. The lowest BCUT2D eigenvalue weighted by atomic mass is 10.1. The number of benzene rings is 3. The van der Waals surface area contributed by atoms with E-state index in [1.54, 1.807) is 0 Å². The lowest BCUT2D eigenvalue weighted by molar-refractivity contribution is -0.114. The van der Waals surface area contributed by atoms with Crippen LogP contribution in [0.2, 0.25) is 0 Å². The van der Waals surface area contributed by atoms with Gasteiger partial charge in [0.2, 0.25) is 5.91 Å². The van der Waals surface area contributed by atoms with Crippen LogP contribution in [0.3, 0.4) is 0 Å². The van der Waals surface area contributed by atoms with Crippen molar-refractivity contribution in [1.82, 2.24) is 0 Å². The third-order valence-corrected chi connectivity index (χ3v) is 8.80. The Morgan fingerprint density at radius 2 is 1.51 bits per heavy atom. The van der Waals surface area contributed by atoms with Gasteiger partial charge in [0.25, 0.3) is 20.2 Å². The molecule has 43 heavy (non-hydrogen) atoms. The number of anilines is 2. The molecule has 0 bridgehead atoms. The van der Waals surface area contributed by atoms with Gasteiger partial charge in [-0.15, -0.1) is 5.11 Å². The molecular weight excluding hydrogens is 661 g/mol. The van der Waals surface area contributed by atoms with Crippen LogP contribution in [-0.4, -0.2) is 76.6 Å². The molecule has 0 aliphatic heterocycles. The van der Waals surface area contributed by atoms with E-state index in [9.17, 15) is 52.7 Å². The predicted octanol–water partition coefficient (Wildman–Crippen LogP) is 2.02. The molecule has 0 atom stereocenters. The molecule has 0 unspecified atom stereocenters. The van der Waals surface area contributed by atoms with E-state index >= 15 is 0 Å². The number of hydrogen-bond donors (Lipinski definition) is 6. The van der Waals surface area contributed by atoms with E-state index in [1.807, 2.05) is 0 Å². The summed E-state index contributed by atoms with van der Waals surface area (Å²) >= 11 is 0. The molecule has 0 aliphatic rings. The molecule has 0 radical (unpaired) electrons. The quantitative estimate of drug-likeness (QED) is 0.118. The Kier molecular flexibility index (Phi) is 9.77. The highest BCUT2D eigenvalue weighted by Gasteiger charge is 2.25. The first kappa shape index (κ1) is 33.7. The van der Waals surface area contributed by atoms with Crippen molar-refractivity contribution in [3.05, 3.63) is 42.5 Å². The third kappa shape index (κ3) is 9.36. The van der Waals surface area contributed by atoms with Crippen LogP contribution in [0.5, 0.6) is 5.75 Å². The molecule has 22 heteroatoms. The van der Waals surface area contributed by atoms with Crippen molar-refractivity contribution >= 4 is 79.9 Å². The van der Waals surface area contributed by atoms with E-state index in [-0.39, 0.29) is 27.8 Å². The van der Waals surface area contributed by atoms with Crippen LogP contribution in [0.4, 0.5) is 22.7 Å². The first-order chi connectivity index (χ1) is 19.7. The maximum Gasteiger partial charge on any atom is 0.397 e. The van der Waals surface area contributed by atoms with Crippen molar-refractivity contribution in [1.29, 1.82) is 0 Å². The summed E-state index contributed by atoms with van der Waals surface area (Å²) in [6.07, 6.45) is 0. The maximum atomic E-state index is 12.1. The van der Waals surface area contributed by atoms with Crippen LogP contribution in [-0.2, 0) is 49.5 Å². The maximum absolute atomic E-state index is 12.1. The lowest BCUT2D eigenvalue weighted by Crippen LogP contribution is -2.21. The molecule has 234 valence electrons. The minimum atomic E-state index is -5.12. The first-order valence-corrected chi connectivity index (χ1v) is 17.4. The van der Waals surface area contributed by atoms with Crippen molar-refractivity contribution < 1.29 is 61.4 Å². The SMILES string of the molecule is CC(=O)Nc1cc(S(=O)(=O)O)cc2cc(S(=O)(=O)O)c(N=Nc3ccc(NCS(=O)(=O)CCOS(=O)(=O)O)cc3)c(O)c12. The molecular formula is C21H22N4O14S4. The summed E-state index contributed by atoms with van der Waals surface area (Å²) in [5.74, 6) is -3.01. The van der Waals surface area contributed by atoms with E-state index in [0.29, 0.717) is 0 Å². The molecule has 3 aromatic carbocycles. The molecule has 0 fully saturated rings. The number of nitrogens with one attached hydrogen (secondary N) is 2. The second-order valence-corrected chi connectivity index (χ2v) is 14.6. The minimum absolute atomic E-state index is 0.0413. The van der Waals surface area contributed by atoms with Crippen molar-refractivity contribution in [3.63, 3.8) is 0 Å². The minimum Gasteiger partial charge on any atom is -0.505 e. The number of amides is 1. The molecule has 1 amide bonds. The third-order valence-electron chi connectivity index (χ3n) is 5.27. The van der Waals surface area contributed by atoms with E-state index in [2.05, 4.69) is 25.0 Å². The van der Waals surface area contributed by atoms with E-state index < -0.39 is 85.8 Å². The smallest absolute Gasteiger partial charge is 0.397 e. The van der Waals surface area contributed by atoms with E-state index in [0.717, 1.165) is 25.1 Å². The molecule has 0 saturated carbocycles. The number of hydrogen-bond acceptors (Lipinski definition) is 14. The second kappa shape index (κ2) is 12.5. The highest BCUT2D eigenvalue weighted by molar-refractivity contribution is 7.91. The fourth-order valence-electron chi connectivity index (χ4n) is 3.48. The van der Waals surface area contributed by atoms with Crippen LogP contribution < -0.4 is 10.6 Å². The fourth-order valence-corrected chi connectivity index (χ4v) is 5.94. The number of aromatic hydroxyl groups is 1. The van der Waals surface area contributed by atoms with Crippen molar-refractivity contribution in [2.45, 2.75) is 16.7 Å². The number of rotatable bonds is 12. The predicted molar refractivity (Wildman–Crippen MR) is 150 cm³/mol. The van der Waals surface area contributed by atoms with Crippen LogP contribution in [0, 0.1) is 0 Å². The van der Waals surface area contributed by atoms with Gasteiger partial charge in [-0.05, 0) is 47.9 Å². The van der Waals surface area contributed by atoms with Gasteiger partial charge in [0.1, 0.15) is 16.5 Å². The summed E-state index contributed by atoms with van der Waals surface area (Å²) in [4.78, 5) is 9.95. The fraction of sp³-hybridized carbons (Fsp3) is 0.190. The average molecular weight is 683 g/mol. The van der Waals surface area contributed by atoms with Gasteiger partial charge in [-0.1, -0.05) is 0 Å². The number of phenols is 1. The Morgan fingerprint density at radius 3 is 2.05 bits per heavy atom. The summed E-state index contributed by atoms with van der Waals surface area (Å²) in [6, 6.07) is 7.62. The Labute approximate surface area is 244 Å². The first-order valence-electron chi connectivity index (χ1n) is 11.3. The molecule has 0 heterocycles. The van der Waals surface area contributed by atoms with E-state index in [4.69, 9.17) is 4.55 Å². The molecule has 3 rings (SSSR count). The van der Waals surface area contributed by atoms with Crippen molar-refractivity contribution in [3.8, 4) is 5.75 Å². The van der Waals surface area contributed by atoms with Gasteiger partial charge in [0, 0.05) is 18.0 Å². The zero-order valence-corrected chi connectivity index (χ0v) is 24.8. The molecule has 0 aromatic heterocycles. The Morgan fingerprint density at radius 1 is 0.884 bits per heavy atom. The number of carbonyl (C=O) groups is 1. The molecule has 0 spiro atoms. The monoisotopic (exact) mass is 682 g/mol. The number of nitrogens with zero attached hydrogens (tertiary/aromatic N) is 2. The molecule has 3 aromatic rings. The normalized spacial score (nSPS) is 12.9. The standard InChI is InChI=1S/C21H22N4O14S4/c1-12(26)23-17-10-16(41(30,31)32)8-13-9-18(42(33,34)35)20(21(27)19(13)17)25-24-15-4-2-14(3-5-15)22-11-40(28,29)7-6-39-43(36,37)38/h2-5,8-10,22,27H,6-7,11H2,1H3,(H,23,26)(H,30,31,32)(H,33,34,35)(H,36,37,38). The summed E-state index contributed by atoms with van der Waals surface area (Å²) < 4.78 is 124. The number of fused-ring (bicyclic) bond motifs is 1. The molecule has 0 saturated heterocycles. The average Bonchev–Trinajstić information content (AvgIpc) is 2.84. The summed E-state index contributed by atoms with van der Waals surface area (Å²) in [5, 5.41) is 22.6. The van der Waals surface area contributed by atoms with Crippen molar-refractivity contribution in [2.75, 3.05) is 28.9 Å². The van der Waals surface area contributed by atoms with Gasteiger partial charge in [-0.3, -0.25) is 18.5 Å². The van der Waals surface area contributed by atoms with Gasteiger partial charge in [-0.25, -0.2) is 12.6 Å². The lowest BCUT2D eigenvalue weighted by Gasteiger charge is -2.14. The summed E-state index contributed by atoms with van der Waals surface area (Å²) in [7, 11) is -18.6. The molecule has 0 aliphatic carbocycles. The van der Waals surface area contributed by atoms with E-state index in [1.165, 1.54) is 24.3 Å². The number of sulfone groups is 1. The highest BCUT2D eigenvalue weighted by Crippen LogP contribution is 2.45. The Hall–Kier alpha value is -3.77. The zero-order valence-electron chi connectivity index (χ0n) is 21.6. The Balaban J connectivity index is 1.96.